The molecular weight excluding hydrogens is 350 g/mol. The van der Waals surface area contributed by atoms with E-state index in [4.69, 9.17) is 9.47 Å². The second kappa shape index (κ2) is 11.0. The van der Waals surface area contributed by atoms with Crippen LogP contribution in [0.25, 0.3) is 0 Å². The number of aromatic nitrogens is 1. The lowest BCUT2D eigenvalue weighted by Gasteiger charge is -2.30. The topological polar surface area (TPSA) is 46.6 Å². The molecule has 3 rings (SSSR count). The van der Waals surface area contributed by atoms with E-state index in [1.807, 2.05) is 24.4 Å². The Kier molecular flexibility index (Phi) is 8.12. The molecule has 0 spiro atoms. The van der Waals surface area contributed by atoms with Crippen molar-refractivity contribution in [3.8, 4) is 11.5 Å². The largest absolute Gasteiger partial charge is 0.493 e. The maximum absolute atomic E-state index is 5.97. The third-order valence-electron chi connectivity index (χ3n) is 5.38. The molecule has 1 saturated heterocycles. The van der Waals surface area contributed by atoms with Crippen molar-refractivity contribution in [2.45, 2.75) is 39.3 Å². The average molecular weight is 384 g/mol. The fourth-order valence-electron chi connectivity index (χ4n) is 3.53. The Morgan fingerprint density at radius 2 is 2.00 bits per heavy atom. The minimum Gasteiger partial charge on any atom is -0.493 e. The number of ether oxygens (including phenoxy) is 2. The summed E-state index contributed by atoms with van der Waals surface area (Å²) in [6, 6.07) is 10.1. The first kappa shape index (κ1) is 20.6. The van der Waals surface area contributed by atoms with Gasteiger partial charge in [0.2, 0.25) is 0 Å². The van der Waals surface area contributed by atoms with E-state index in [1.165, 1.54) is 44.5 Å². The predicted octanol–water partition coefficient (Wildman–Crippen LogP) is 3.88. The van der Waals surface area contributed by atoms with Gasteiger partial charge in [-0.25, -0.2) is 0 Å². The first-order chi connectivity index (χ1) is 13.7. The highest BCUT2D eigenvalue weighted by Gasteiger charge is 2.14. The van der Waals surface area contributed by atoms with Crippen LogP contribution in [0.15, 0.2) is 42.7 Å². The average Bonchev–Trinajstić information content (AvgIpc) is 2.74. The molecule has 5 nitrogen and oxygen atoms in total. The van der Waals surface area contributed by atoms with Crippen molar-refractivity contribution in [1.82, 2.24) is 15.2 Å². The van der Waals surface area contributed by atoms with Gasteiger partial charge in [-0.3, -0.25) is 4.98 Å². The fraction of sp³-hybridized carbons (Fsp3) is 0.522. The molecule has 5 heteroatoms. The van der Waals surface area contributed by atoms with Gasteiger partial charge in [0, 0.05) is 24.5 Å². The molecule has 0 atom stereocenters. The Labute approximate surface area is 169 Å². The van der Waals surface area contributed by atoms with Crippen LogP contribution >= 0.6 is 0 Å². The Bertz CT molecular complexity index is 700. The molecule has 0 aliphatic carbocycles. The molecule has 0 unspecified atom stereocenters. The SMILES string of the molecule is COc1ccc(CNCCCN2CCC(C)CC2)cc1OCc1cccnc1. The monoisotopic (exact) mass is 383 g/mol. The van der Waals surface area contributed by atoms with E-state index in [-0.39, 0.29) is 0 Å². The predicted molar refractivity (Wildman–Crippen MR) is 113 cm³/mol. The Hall–Kier alpha value is -2.11. The van der Waals surface area contributed by atoms with Crippen molar-refractivity contribution in [1.29, 1.82) is 0 Å². The molecule has 152 valence electrons. The van der Waals surface area contributed by atoms with Gasteiger partial charge in [-0.05, 0) is 75.1 Å². The number of rotatable bonds is 10. The minimum atomic E-state index is 0.482. The number of nitrogens with one attached hydrogen (secondary N) is 1. The van der Waals surface area contributed by atoms with Crippen LogP contribution in [0.2, 0.25) is 0 Å². The summed E-state index contributed by atoms with van der Waals surface area (Å²) in [5.74, 6) is 2.43. The van der Waals surface area contributed by atoms with E-state index in [0.717, 1.165) is 36.1 Å². The van der Waals surface area contributed by atoms with Gasteiger partial charge in [0.25, 0.3) is 0 Å². The molecular formula is C23H33N3O2. The van der Waals surface area contributed by atoms with E-state index in [1.54, 1.807) is 13.3 Å². The fourth-order valence-corrected chi connectivity index (χ4v) is 3.53. The van der Waals surface area contributed by atoms with Crippen molar-refractivity contribution in [3.63, 3.8) is 0 Å². The number of hydrogen-bond donors (Lipinski definition) is 1. The molecule has 1 aliphatic rings. The number of likely N-dealkylation sites (tertiary alicyclic amines) is 1. The van der Waals surface area contributed by atoms with Crippen LogP contribution in [0.5, 0.6) is 11.5 Å². The highest BCUT2D eigenvalue weighted by molar-refractivity contribution is 5.43. The molecule has 2 heterocycles. The molecule has 0 amide bonds. The van der Waals surface area contributed by atoms with E-state index in [9.17, 15) is 0 Å². The number of methoxy groups -OCH3 is 1. The van der Waals surface area contributed by atoms with Crippen molar-refractivity contribution in [3.05, 3.63) is 53.9 Å². The summed E-state index contributed by atoms with van der Waals surface area (Å²) in [6.45, 7) is 8.43. The van der Waals surface area contributed by atoms with Crippen LogP contribution < -0.4 is 14.8 Å². The first-order valence-electron chi connectivity index (χ1n) is 10.4. The zero-order valence-electron chi connectivity index (χ0n) is 17.2. The lowest BCUT2D eigenvalue weighted by Crippen LogP contribution is -2.34. The summed E-state index contributed by atoms with van der Waals surface area (Å²) in [6.07, 6.45) is 7.47. The Morgan fingerprint density at radius 1 is 1.14 bits per heavy atom. The number of piperidine rings is 1. The summed E-state index contributed by atoms with van der Waals surface area (Å²) in [4.78, 5) is 6.72. The van der Waals surface area contributed by atoms with Crippen LogP contribution in [0, 0.1) is 5.92 Å². The molecule has 1 aromatic carbocycles. The zero-order chi connectivity index (χ0) is 19.6. The minimum absolute atomic E-state index is 0.482. The third-order valence-corrected chi connectivity index (χ3v) is 5.38. The van der Waals surface area contributed by atoms with Crippen molar-refractivity contribution in [2.24, 2.45) is 5.92 Å². The van der Waals surface area contributed by atoms with Gasteiger partial charge in [-0.15, -0.1) is 0 Å². The van der Waals surface area contributed by atoms with Crippen LogP contribution in [-0.4, -0.2) is 43.2 Å². The summed E-state index contributed by atoms with van der Waals surface area (Å²) < 4.78 is 11.4. The molecule has 0 saturated carbocycles. The van der Waals surface area contributed by atoms with Gasteiger partial charge >= 0.3 is 0 Å². The Morgan fingerprint density at radius 3 is 2.75 bits per heavy atom. The standard InChI is InChI=1S/C23H33N3O2/c1-19-8-13-26(14-9-19)12-4-11-25-16-20-6-7-22(27-2)23(15-20)28-18-21-5-3-10-24-17-21/h3,5-7,10,15,17,19,25H,4,8-9,11-14,16,18H2,1-2H3. The number of benzene rings is 1. The molecule has 28 heavy (non-hydrogen) atoms. The molecule has 1 N–H and O–H groups in total. The van der Waals surface area contributed by atoms with Gasteiger partial charge in [0.15, 0.2) is 11.5 Å². The van der Waals surface area contributed by atoms with Crippen LogP contribution in [-0.2, 0) is 13.2 Å². The lowest BCUT2D eigenvalue weighted by atomic mass is 9.99. The van der Waals surface area contributed by atoms with Gasteiger partial charge in [0.1, 0.15) is 6.61 Å². The number of pyridine rings is 1. The zero-order valence-corrected chi connectivity index (χ0v) is 17.2. The van der Waals surface area contributed by atoms with E-state index in [2.05, 4.69) is 34.3 Å². The first-order valence-corrected chi connectivity index (χ1v) is 10.4. The van der Waals surface area contributed by atoms with Crippen molar-refractivity contribution < 1.29 is 9.47 Å². The second-order valence-electron chi connectivity index (χ2n) is 7.69. The van der Waals surface area contributed by atoms with Crippen LogP contribution in [0.4, 0.5) is 0 Å². The van der Waals surface area contributed by atoms with Crippen molar-refractivity contribution >= 4 is 0 Å². The molecule has 1 aliphatic heterocycles. The second-order valence-corrected chi connectivity index (χ2v) is 7.69. The molecule has 2 aromatic rings. The van der Waals surface area contributed by atoms with Crippen molar-refractivity contribution in [2.75, 3.05) is 33.3 Å². The van der Waals surface area contributed by atoms with Gasteiger partial charge < -0.3 is 19.7 Å². The van der Waals surface area contributed by atoms with E-state index < -0.39 is 0 Å². The molecule has 1 fully saturated rings. The summed E-state index contributed by atoms with van der Waals surface area (Å²) in [7, 11) is 1.67. The van der Waals surface area contributed by atoms with Crippen LogP contribution in [0.3, 0.4) is 0 Å². The molecule has 1 aromatic heterocycles. The lowest BCUT2D eigenvalue weighted by molar-refractivity contribution is 0.190. The third kappa shape index (κ3) is 6.50. The maximum Gasteiger partial charge on any atom is 0.161 e. The van der Waals surface area contributed by atoms with Crippen LogP contribution in [0.1, 0.15) is 37.3 Å². The van der Waals surface area contributed by atoms with E-state index >= 15 is 0 Å². The summed E-state index contributed by atoms with van der Waals surface area (Å²) in [5, 5.41) is 3.56. The normalized spacial score (nSPS) is 15.5. The molecule has 0 radical (unpaired) electrons. The number of nitrogens with zero attached hydrogens (tertiary/aromatic N) is 2. The maximum atomic E-state index is 5.97. The van der Waals surface area contributed by atoms with Gasteiger partial charge in [-0.2, -0.15) is 0 Å². The Balaban J connectivity index is 1.42. The highest BCUT2D eigenvalue weighted by atomic mass is 16.5. The smallest absolute Gasteiger partial charge is 0.161 e. The quantitative estimate of drug-likeness (QED) is 0.631. The summed E-state index contributed by atoms with van der Waals surface area (Å²) >= 11 is 0. The van der Waals surface area contributed by atoms with Gasteiger partial charge in [0.05, 0.1) is 7.11 Å². The highest BCUT2D eigenvalue weighted by Crippen LogP contribution is 2.28. The number of hydrogen-bond acceptors (Lipinski definition) is 5. The molecule has 0 bridgehead atoms. The van der Waals surface area contributed by atoms with Gasteiger partial charge in [-0.1, -0.05) is 19.1 Å². The summed E-state index contributed by atoms with van der Waals surface area (Å²) in [5.41, 5.74) is 2.24. The van der Waals surface area contributed by atoms with E-state index in [0.29, 0.717) is 6.61 Å².